The van der Waals surface area contributed by atoms with Crippen LogP contribution < -0.4 is 15.5 Å². The molecule has 1 aliphatic heterocycles. The van der Waals surface area contributed by atoms with Gasteiger partial charge in [0.2, 0.25) is 0 Å². The molecule has 2 N–H and O–H groups in total. The Hall–Kier alpha value is -2.08. The summed E-state index contributed by atoms with van der Waals surface area (Å²) < 4.78 is 5.33. The van der Waals surface area contributed by atoms with Crippen LogP contribution in [-0.2, 0) is 6.54 Å². The van der Waals surface area contributed by atoms with Gasteiger partial charge in [-0.3, -0.25) is 0 Å². The van der Waals surface area contributed by atoms with Crippen molar-refractivity contribution in [2.24, 2.45) is 0 Å². The Morgan fingerprint density at radius 3 is 3.19 bits per heavy atom. The van der Waals surface area contributed by atoms with Gasteiger partial charge in [0.25, 0.3) is 0 Å². The molecule has 0 amide bonds. The second-order valence-electron chi connectivity index (χ2n) is 5.21. The summed E-state index contributed by atoms with van der Waals surface area (Å²) in [5.41, 5.74) is 0. The van der Waals surface area contributed by atoms with Crippen LogP contribution in [-0.4, -0.2) is 36.1 Å². The summed E-state index contributed by atoms with van der Waals surface area (Å²) in [5.74, 6) is 2.82. The van der Waals surface area contributed by atoms with E-state index >= 15 is 0 Å². The summed E-state index contributed by atoms with van der Waals surface area (Å²) in [4.78, 5) is 10.9. The van der Waals surface area contributed by atoms with Gasteiger partial charge in [-0.25, -0.2) is 9.97 Å². The van der Waals surface area contributed by atoms with Crippen LogP contribution >= 0.6 is 0 Å². The Labute approximate surface area is 124 Å². The minimum Gasteiger partial charge on any atom is -0.468 e. The predicted molar refractivity (Wildman–Crippen MR) is 82.4 cm³/mol. The van der Waals surface area contributed by atoms with Crippen molar-refractivity contribution in [3.8, 4) is 0 Å². The topological polar surface area (TPSA) is 66.2 Å². The second kappa shape index (κ2) is 6.58. The van der Waals surface area contributed by atoms with Crippen LogP contribution in [0.4, 0.5) is 11.6 Å². The molecule has 1 fully saturated rings. The molecule has 1 saturated heterocycles. The molecular formula is C15H21N5O. The SMILES string of the molecule is CNc1cc(N2CCC[C@H]2CNCc2ccco2)ncn1. The summed E-state index contributed by atoms with van der Waals surface area (Å²) in [6, 6.07) is 6.38. The lowest BCUT2D eigenvalue weighted by molar-refractivity contribution is 0.471. The molecule has 0 spiro atoms. The average molecular weight is 287 g/mol. The first-order valence-electron chi connectivity index (χ1n) is 7.36. The van der Waals surface area contributed by atoms with E-state index in [1.165, 1.54) is 12.8 Å². The van der Waals surface area contributed by atoms with Gasteiger partial charge in [-0.1, -0.05) is 0 Å². The summed E-state index contributed by atoms with van der Waals surface area (Å²) in [6.07, 6.45) is 5.71. The third-order valence-corrected chi connectivity index (χ3v) is 3.84. The highest BCUT2D eigenvalue weighted by Crippen LogP contribution is 2.24. The molecule has 2 aromatic heterocycles. The van der Waals surface area contributed by atoms with Gasteiger partial charge in [0, 0.05) is 32.2 Å². The van der Waals surface area contributed by atoms with E-state index in [-0.39, 0.29) is 0 Å². The summed E-state index contributed by atoms with van der Waals surface area (Å²) >= 11 is 0. The minimum atomic E-state index is 0.472. The number of nitrogens with zero attached hydrogens (tertiary/aromatic N) is 3. The van der Waals surface area contributed by atoms with Crippen LogP contribution in [0.2, 0.25) is 0 Å². The molecule has 1 aliphatic rings. The third-order valence-electron chi connectivity index (χ3n) is 3.84. The maximum absolute atomic E-state index is 5.33. The molecule has 6 heteroatoms. The minimum absolute atomic E-state index is 0.472. The largest absolute Gasteiger partial charge is 0.468 e. The van der Waals surface area contributed by atoms with Crippen molar-refractivity contribution in [1.82, 2.24) is 15.3 Å². The molecule has 3 rings (SSSR count). The number of anilines is 2. The maximum Gasteiger partial charge on any atom is 0.134 e. The summed E-state index contributed by atoms with van der Waals surface area (Å²) in [5, 5.41) is 6.53. The lowest BCUT2D eigenvalue weighted by Gasteiger charge is -2.26. The maximum atomic E-state index is 5.33. The number of hydrogen-bond donors (Lipinski definition) is 2. The highest BCUT2D eigenvalue weighted by Gasteiger charge is 2.25. The molecule has 2 aromatic rings. The first-order valence-corrected chi connectivity index (χ1v) is 7.36. The zero-order valence-electron chi connectivity index (χ0n) is 12.2. The summed E-state index contributed by atoms with van der Waals surface area (Å²) in [7, 11) is 1.87. The Kier molecular flexibility index (Phi) is 4.35. The Bertz CT molecular complexity index is 557. The van der Waals surface area contributed by atoms with E-state index in [9.17, 15) is 0 Å². The molecule has 0 aliphatic carbocycles. The number of nitrogens with one attached hydrogen (secondary N) is 2. The van der Waals surface area contributed by atoms with E-state index < -0.39 is 0 Å². The van der Waals surface area contributed by atoms with Crippen molar-refractivity contribution in [2.45, 2.75) is 25.4 Å². The average Bonchev–Trinajstić information content (AvgIpc) is 3.19. The van der Waals surface area contributed by atoms with Gasteiger partial charge in [0.1, 0.15) is 23.7 Å². The van der Waals surface area contributed by atoms with Gasteiger partial charge in [-0.15, -0.1) is 0 Å². The lowest BCUT2D eigenvalue weighted by atomic mass is 10.2. The standard InChI is InChI=1S/C15H21N5O/c1-16-14-8-15(19-11-18-14)20-6-2-4-12(20)9-17-10-13-5-3-7-21-13/h3,5,7-8,11-12,17H,2,4,6,9-10H2,1H3,(H,16,18,19)/t12-/m0/s1. The van der Waals surface area contributed by atoms with Crippen LogP contribution in [0.3, 0.4) is 0 Å². The van der Waals surface area contributed by atoms with Crippen molar-refractivity contribution < 1.29 is 4.42 Å². The third kappa shape index (κ3) is 3.33. The molecule has 0 aromatic carbocycles. The lowest BCUT2D eigenvalue weighted by Crippen LogP contribution is -2.38. The van der Waals surface area contributed by atoms with Gasteiger partial charge in [0.05, 0.1) is 12.8 Å². The molecule has 3 heterocycles. The van der Waals surface area contributed by atoms with Crippen molar-refractivity contribution in [3.63, 3.8) is 0 Å². The molecule has 0 saturated carbocycles. The molecule has 1 atom stereocenters. The van der Waals surface area contributed by atoms with Crippen molar-refractivity contribution in [3.05, 3.63) is 36.5 Å². The number of hydrogen-bond acceptors (Lipinski definition) is 6. The molecule has 0 bridgehead atoms. The monoisotopic (exact) mass is 287 g/mol. The Morgan fingerprint density at radius 1 is 1.43 bits per heavy atom. The highest BCUT2D eigenvalue weighted by atomic mass is 16.3. The van der Waals surface area contributed by atoms with Crippen LogP contribution in [0.25, 0.3) is 0 Å². The number of rotatable bonds is 6. The number of furan rings is 1. The molecular weight excluding hydrogens is 266 g/mol. The zero-order valence-corrected chi connectivity index (χ0v) is 12.2. The van der Waals surface area contributed by atoms with E-state index in [0.29, 0.717) is 6.04 Å². The fourth-order valence-electron chi connectivity index (χ4n) is 2.77. The van der Waals surface area contributed by atoms with Gasteiger partial charge in [0.15, 0.2) is 0 Å². The van der Waals surface area contributed by atoms with Gasteiger partial charge in [-0.2, -0.15) is 0 Å². The van der Waals surface area contributed by atoms with E-state index in [2.05, 4.69) is 25.5 Å². The number of aromatic nitrogens is 2. The molecule has 21 heavy (non-hydrogen) atoms. The van der Waals surface area contributed by atoms with E-state index in [1.54, 1.807) is 12.6 Å². The van der Waals surface area contributed by atoms with E-state index in [1.807, 2.05) is 25.2 Å². The predicted octanol–water partition coefficient (Wildman–Crippen LogP) is 1.87. The Balaban J connectivity index is 1.59. The fourth-order valence-corrected chi connectivity index (χ4v) is 2.77. The zero-order chi connectivity index (χ0) is 14.5. The van der Waals surface area contributed by atoms with E-state index in [0.717, 1.165) is 37.0 Å². The van der Waals surface area contributed by atoms with Crippen molar-refractivity contribution >= 4 is 11.6 Å². The van der Waals surface area contributed by atoms with Gasteiger partial charge in [-0.05, 0) is 25.0 Å². The van der Waals surface area contributed by atoms with Gasteiger partial charge < -0.3 is 20.0 Å². The first-order chi connectivity index (χ1) is 10.4. The second-order valence-corrected chi connectivity index (χ2v) is 5.21. The highest BCUT2D eigenvalue weighted by molar-refractivity contribution is 5.49. The molecule has 112 valence electrons. The van der Waals surface area contributed by atoms with Crippen molar-refractivity contribution in [1.29, 1.82) is 0 Å². The Morgan fingerprint density at radius 2 is 2.38 bits per heavy atom. The molecule has 6 nitrogen and oxygen atoms in total. The quantitative estimate of drug-likeness (QED) is 0.845. The molecule has 0 unspecified atom stereocenters. The van der Waals surface area contributed by atoms with Crippen molar-refractivity contribution in [2.75, 3.05) is 30.4 Å². The normalized spacial score (nSPS) is 18.1. The van der Waals surface area contributed by atoms with Gasteiger partial charge >= 0.3 is 0 Å². The fraction of sp³-hybridized carbons (Fsp3) is 0.467. The van der Waals surface area contributed by atoms with Crippen LogP contribution in [0.1, 0.15) is 18.6 Å². The molecule has 0 radical (unpaired) electrons. The van der Waals surface area contributed by atoms with E-state index in [4.69, 9.17) is 4.42 Å². The van der Waals surface area contributed by atoms with Crippen LogP contribution in [0.15, 0.2) is 35.2 Å². The van der Waals surface area contributed by atoms with Crippen LogP contribution in [0, 0.1) is 0 Å². The van der Waals surface area contributed by atoms with Crippen LogP contribution in [0.5, 0.6) is 0 Å². The summed E-state index contributed by atoms with van der Waals surface area (Å²) in [6.45, 7) is 2.75. The smallest absolute Gasteiger partial charge is 0.134 e. The first kappa shape index (κ1) is 13.9.